The number of nitrogens with two attached hydrogens (primary N) is 2. The molecular formula is C38H46N10O6S2. The normalized spacial score (nSPS) is 20.6. The van der Waals surface area contributed by atoms with Crippen LogP contribution in [0, 0.1) is 0 Å². The summed E-state index contributed by atoms with van der Waals surface area (Å²) in [6, 6.07) is 7.04. The van der Waals surface area contributed by atoms with E-state index in [-0.39, 0.29) is 48.8 Å². The zero-order valence-corrected chi connectivity index (χ0v) is 32.6. The number of thiazole rings is 2. The lowest BCUT2D eigenvalue weighted by molar-refractivity contribution is -0.128. The molecular weight excluding hydrogens is 757 g/mol. The number of rotatable bonds is 2. The SMILES string of the molecule is C=C(N)[C@@H]1Cc2ccc(O)c(c2)Cc2cnc(s2)NCC(=O)N[C@@H](C)C(=O)N[C@H](C(=C)N)Cc2ccc(O)c(c2)Cc2cnc(s2)NCC(=O)N[C@@H](C)C(=O)N1. The van der Waals surface area contributed by atoms with Crippen molar-refractivity contribution in [2.45, 2.75) is 63.7 Å². The molecule has 0 radical (unpaired) electrons. The predicted octanol–water partition coefficient (Wildman–Crippen LogP) is 1.74. The number of carbonyl (C=O) groups excluding carboxylic acids is 4. The number of nitrogens with zero attached hydrogens (tertiary/aromatic N) is 2. The van der Waals surface area contributed by atoms with Crippen molar-refractivity contribution >= 4 is 56.6 Å². The second-order valence-corrected chi connectivity index (χ2v) is 15.7. The van der Waals surface area contributed by atoms with Gasteiger partial charge in [0.15, 0.2) is 10.3 Å². The number of fused-ring (bicyclic) bond motifs is 8. The molecule has 0 fully saturated rings. The Morgan fingerprint density at radius 2 is 1.07 bits per heavy atom. The van der Waals surface area contributed by atoms with E-state index in [1.54, 1.807) is 62.6 Å². The van der Waals surface area contributed by atoms with E-state index in [9.17, 15) is 29.4 Å². The summed E-state index contributed by atoms with van der Waals surface area (Å²) < 4.78 is 0. The molecule has 2 aromatic carbocycles. The summed E-state index contributed by atoms with van der Waals surface area (Å²) in [7, 11) is 0. The van der Waals surface area contributed by atoms with Gasteiger partial charge >= 0.3 is 0 Å². The summed E-state index contributed by atoms with van der Waals surface area (Å²) in [6.07, 6.45) is 4.49. The number of phenols is 2. The minimum Gasteiger partial charge on any atom is -0.508 e. The van der Waals surface area contributed by atoms with E-state index >= 15 is 0 Å². The number of hydrogen-bond acceptors (Lipinski definition) is 14. The topological polar surface area (TPSA) is 259 Å². The molecule has 0 spiro atoms. The van der Waals surface area contributed by atoms with Gasteiger partial charge in [0.1, 0.15) is 23.6 Å². The molecule has 0 aliphatic carbocycles. The van der Waals surface area contributed by atoms with Crippen molar-refractivity contribution in [2.75, 3.05) is 23.7 Å². The first kappa shape index (κ1) is 41.0. The Kier molecular flexibility index (Phi) is 13.5. The molecule has 8 bridgehead atoms. The van der Waals surface area contributed by atoms with Crippen LogP contribution in [-0.2, 0) is 44.9 Å². The van der Waals surface area contributed by atoms with Gasteiger partial charge in [0, 0.05) is 46.4 Å². The van der Waals surface area contributed by atoms with E-state index in [0.717, 1.165) is 20.9 Å². The Bertz CT molecular complexity index is 1970. The molecule has 18 heteroatoms. The van der Waals surface area contributed by atoms with E-state index in [4.69, 9.17) is 11.5 Å². The molecule has 2 aromatic heterocycles. The lowest BCUT2D eigenvalue weighted by Gasteiger charge is -2.22. The average molecular weight is 803 g/mol. The molecule has 1 aliphatic rings. The average Bonchev–Trinajstić information content (AvgIpc) is 3.80. The molecule has 12 N–H and O–H groups in total. The van der Waals surface area contributed by atoms with Crippen LogP contribution in [0.5, 0.6) is 11.5 Å². The first-order valence-corrected chi connectivity index (χ1v) is 19.3. The van der Waals surface area contributed by atoms with E-state index in [1.165, 1.54) is 22.7 Å². The van der Waals surface area contributed by atoms with E-state index < -0.39 is 47.8 Å². The van der Waals surface area contributed by atoms with Crippen molar-refractivity contribution in [2.24, 2.45) is 11.5 Å². The number of anilines is 2. The number of hydrogen-bond donors (Lipinski definition) is 10. The van der Waals surface area contributed by atoms with Gasteiger partial charge in [-0.25, -0.2) is 9.97 Å². The highest BCUT2D eigenvalue weighted by atomic mass is 32.1. The second-order valence-electron chi connectivity index (χ2n) is 13.5. The molecule has 3 heterocycles. The lowest BCUT2D eigenvalue weighted by atomic mass is 9.99. The smallest absolute Gasteiger partial charge is 0.242 e. The summed E-state index contributed by atoms with van der Waals surface area (Å²) >= 11 is 2.60. The quantitative estimate of drug-likeness (QED) is 0.139. The molecule has 4 aromatic rings. The highest BCUT2D eigenvalue weighted by Crippen LogP contribution is 2.28. The minimum absolute atomic E-state index is 0.0693. The minimum atomic E-state index is -0.898. The first-order valence-electron chi connectivity index (χ1n) is 17.7. The van der Waals surface area contributed by atoms with Gasteiger partial charge in [0.2, 0.25) is 23.6 Å². The van der Waals surface area contributed by atoms with Crippen LogP contribution in [0.3, 0.4) is 0 Å². The number of nitrogens with one attached hydrogen (secondary N) is 6. The zero-order chi connectivity index (χ0) is 40.5. The third-order valence-electron chi connectivity index (χ3n) is 8.87. The Hall–Kier alpha value is -6.14. The highest BCUT2D eigenvalue weighted by molar-refractivity contribution is 7.15. The van der Waals surface area contributed by atoms with Crippen LogP contribution in [0.2, 0.25) is 0 Å². The molecule has 56 heavy (non-hydrogen) atoms. The predicted molar refractivity (Wildman–Crippen MR) is 216 cm³/mol. The van der Waals surface area contributed by atoms with E-state index in [2.05, 4.69) is 55.0 Å². The zero-order valence-electron chi connectivity index (χ0n) is 31.0. The fourth-order valence-corrected chi connectivity index (χ4v) is 7.44. The fraction of sp³-hybridized carbons (Fsp3) is 0.316. The van der Waals surface area contributed by atoms with Crippen LogP contribution in [0.15, 0.2) is 73.3 Å². The number of benzene rings is 2. The largest absolute Gasteiger partial charge is 0.508 e. The third kappa shape index (κ3) is 11.4. The van der Waals surface area contributed by atoms with Crippen LogP contribution in [0.4, 0.5) is 10.3 Å². The molecule has 296 valence electrons. The summed E-state index contributed by atoms with van der Waals surface area (Å²) in [5.41, 5.74) is 15.3. The Morgan fingerprint density at radius 1 is 0.679 bits per heavy atom. The second kappa shape index (κ2) is 18.5. The Labute approximate surface area is 331 Å². The van der Waals surface area contributed by atoms with E-state index in [1.807, 2.05) is 0 Å². The summed E-state index contributed by atoms with van der Waals surface area (Å²) in [4.78, 5) is 62.1. The van der Waals surface area contributed by atoms with Crippen molar-refractivity contribution in [1.29, 1.82) is 0 Å². The van der Waals surface area contributed by atoms with Gasteiger partial charge in [0.25, 0.3) is 0 Å². The highest BCUT2D eigenvalue weighted by Gasteiger charge is 2.23. The van der Waals surface area contributed by atoms with Crippen molar-refractivity contribution in [3.63, 3.8) is 0 Å². The molecule has 0 saturated heterocycles. The van der Waals surface area contributed by atoms with Gasteiger partial charge in [-0.05, 0) is 61.1 Å². The van der Waals surface area contributed by atoms with Gasteiger partial charge in [-0.15, -0.1) is 22.7 Å². The maximum Gasteiger partial charge on any atom is 0.242 e. The molecule has 4 atom stereocenters. The first-order chi connectivity index (χ1) is 26.6. The standard InChI is InChI=1S/C38H46N10O6S2/c1-19(39)29-11-23-5-7-31(49)25(9-23)13-27-15-41-38(55-27)44-18-34(52)46-22(4)36(54)48-30(20(2)40)12-24-6-8-32(50)26(10-24)14-28-16-42-37(56-28)43-17-33(51)45-21(3)35(53)47-29/h5-10,15-16,21-22,29-30,49-50H,1-2,11-14,17-18,39-40H2,3-4H3,(H,42,43)(H,41,44)(H,45,51)(H,46,52)(H,47,53)(H,48,54)/t21-,22-,29-,30-/m0/s1. The van der Waals surface area contributed by atoms with Gasteiger partial charge in [-0.3, -0.25) is 19.2 Å². The van der Waals surface area contributed by atoms with Crippen molar-refractivity contribution in [1.82, 2.24) is 31.2 Å². The summed E-state index contributed by atoms with van der Waals surface area (Å²) in [5.74, 6) is -1.66. The summed E-state index contributed by atoms with van der Waals surface area (Å²) in [5, 5.41) is 39.2. The third-order valence-corrected chi connectivity index (χ3v) is 10.8. The monoisotopic (exact) mass is 802 g/mol. The van der Waals surface area contributed by atoms with Crippen LogP contribution in [0.25, 0.3) is 0 Å². The van der Waals surface area contributed by atoms with Crippen molar-refractivity contribution in [3.8, 4) is 11.5 Å². The van der Waals surface area contributed by atoms with Crippen molar-refractivity contribution in [3.05, 3.63) is 105 Å². The number of carbonyl (C=O) groups is 4. The van der Waals surface area contributed by atoms with Gasteiger partial charge < -0.3 is 53.6 Å². The van der Waals surface area contributed by atoms with Gasteiger partial charge in [-0.2, -0.15) is 0 Å². The lowest BCUT2D eigenvalue weighted by Crippen LogP contribution is -2.50. The molecule has 5 rings (SSSR count). The Morgan fingerprint density at radius 3 is 1.45 bits per heavy atom. The maximum atomic E-state index is 13.1. The fourth-order valence-electron chi connectivity index (χ4n) is 5.77. The molecule has 1 aliphatic heterocycles. The maximum absolute atomic E-state index is 13.1. The number of aromatic hydroxyl groups is 2. The molecule has 0 unspecified atom stereocenters. The van der Waals surface area contributed by atoms with Crippen molar-refractivity contribution < 1.29 is 29.4 Å². The number of aromatic nitrogens is 2. The van der Waals surface area contributed by atoms with Crippen LogP contribution in [0.1, 0.15) is 45.9 Å². The van der Waals surface area contributed by atoms with Crippen LogP contribution >= 0.6 is 22.7 Å². The molecule has 0 saturated carbocycles. The van der Waals surface area contributed by atoms with Gasteiger partial charge in [0.05, 0.1) is 25.2 Å². The number of phenolic OH excluding ortho intramolecular Hbond substituents is 2. The van der Waals surface area contributed by atoms with E-state index in [0.29, 0.717) is 34.2 Å². The molecule has 16 nitrogen and oxygen atoms in total. The van der Waals surface area contributed by atoms with Gasteiger partial charge in [-0.1, -0.05) is 37.4 Å². The Balaban J connectivity index is 1.35. The summed E-state index contributed by atoms with van der Waals surface area (Å²) in [6.45, 7) is 10.5. The molecule has 4 amide bonds. The number of amides is 4. The van der Waals surface area contributed by atoms with Crippen LogP contribution < -0.4 is 43.4 Å². The van der Waals surface area contributed by atoms with Crippen LogP contribution in [-0.4, -0.2) is 81.1 Å².